The highest BCUT2D eigenvalue weighted by Crippen LogP contribution is 2.62. The molecule has 68 heavy (non-hydrogen) atoms. The van der Waals surface area contributed by atoms with E-state index in [9.17, 15) is 25.1 Å². The summed E-state index contributed by atoms with van der Waals surface area (Å²) in [4.78, 5) is 33.9. The predicted octanol–water partition coefficient (Wildman–Crippen LogP) is 11.3. The first kappa shape index (κ1) is 47.9. The first-order chi connectivity index (χ1) is 33.3. The van der Waals surface area contributed by atoms with Crippen LogP contribution < -0.4 is 9.47 Å². The van der Waals surface area contributed by atoms with Gasteiger partial charge in [0.15, 0.2) is 0 Å². The standard InChI is InChI=1S/C56H61N3O9/c1-3-30-58(53(62)29-22-39-20-24-44(25-21-39)59(63)64)52-37-50(57-66-38-40-14-6-5-7-15-40)48-35-43(18-10-12-31-60)47(19-11-13-32-61)54-49-36-46(67-45-26-23-41-16-8-9-17-42(41)34-45)27-28-51(49)68-56(52,55(48)54)65-33-4-2/h4-9,14-17,20-29,34-36,43,47,52,54-55,60-61H,2-3,10-13,18-19,30-33,37-38H2,1H3/t43-,47+,52-,54+,55+,56+/m0/s1. The van der Waals surface area contributed by atoms with E-state index >= 15 is 0 Å². The molecule has 2 aliphatic carbocycles. The van der Waals surface area contributed by atoms with E-state index in [1.165, 1.54) is 18.2 Å². The van der Waals surface area contributed by atoms with Gasteiger partial charge < -0.3 is 34.2 Å². The lowest BCUT2D eigenvalue weighted by atomic mass is 9.55. The molecule has 1 aliphatic heterocycles. The fourth-order valence-corrected chi connectivity index (χ4v) is 10.5. The molecule has 1 fully saturated rings. The van der Waals surface area contributed by atoms with E-state index < -0.39 is 22.7 Å². The number of aliphatic hydroxyl groups excluding tert-OH is 2. The average molecular weight is 920 g/mol. The summed E-state index contributed by atoms with van der Waals surface area (Å²) in [7, 11) is 0. The third-order valence-corrected chi connectivity index (χ3v) is 13.5. The fraction of sp³-hybridized carbons (Fsp3) is 0.357. The Labute approximate surface area is 398 Å². The summed E-state index contributed by atoms with van der Waals surface area (Å²) in [5, 5.41) is 38.6. The molecular weight excluding hydrogens is 859 g/mol. The number of benzene rings is 5. The quantitative estimate of drug-likeness (QED) is 0.0227. The SMILES string of the molecule is C=CCO[C@@]12Oc3ccc(Oc4ccc5ccccc5c4)cc3[C@H]3[C@H](CCCCO)[C@@H](CCCCO)C=C(C(=NOCc4ccccc4)C[C@@H]1N(CCC)C(=O)C=Cc1ccc([N+](=O)[O-])cc1)[C@H]32. The van der Waals surface area contributed by atoms with Crippen LogP contribution in [0.5, 0.6) is 17.2 Å². The molecule has 0 radical (unpaired) electrons. The van der Waals surface area contributed by atoms with E-state index in [4.69, 9.17) is 24.2 Å². The van der Waals surface area contributed by atoms with Gasteiger partial charge in [-0.15, -0.1) is 6.58 Å². The maximum absolute atomic E-state index is 14.9. The number of unbranched alkanes of at least 4 members (excludes halogenated alkanes) is 2. The zero-order valence-electron chi connectivity index (χ0n) is 38.7. The van der Waals surface area contributed by atoms with E-state index in [1.54, 1.807) is 24.3 Å². The molecule has 0 unspecified atom stereocenters. The van der Waals surface area contributed by atoms with Crippen molar-refractivity contribution >= 4 is 34.2 Å². The topological polar surface area (TPSA) is 153 Å². The Morgan fingerprint density at radius 3 is 2.37 bits per heavy atom. The van der Waals surface area contributed by atoms with Gasteiger partial charge in [0.2, 0.25) is 11.7 Å². The second-order valence-corrected chi connectivity index (χ2v) is 17.9. The van der Waals surface area contributed by atoms with Crippen molar-refractivity contribution in [3.05, 3.63) is 172 Å². The number of fused-ring (bicyclic) bond motifs is 3. The molecule has 0 saturated heterocycles. The van der Waals surface area contributed by atoms with Crippen LogP contribution in [0.25, 0.3) is 16.8 Å². The van der Waals surface area contributed by atoms with Crippen LogP contribution in [0.1, 0.15) is 80.9 Å². The number of allylic oxidation sites excluding steroid dienone is 1. The Bertz CT molecular complexity index is 2630. The van der Waals surface area contributed by atoms with E-state index in [0.29, 0.717) is 54.3 Å². The van der Waals surface area contributed by atoms with Crippen LogP contribution in [0.15, 0.2) is 151 Å². The van der Waals surface area contributed by atoms with Gasteiger partial charge in [-0.3, -0.25) is 14.9 Å². The molecule has 1 heterocycles. The summed E-state index contributed by atoms with van der Waals surface area (Å²) in [5.74, 6) is -0.394. The van der Waals surface area contributed by atoms with Gasteiger partial charge in [0, 0.05) is 55.9 Å². The molecule has 1 amide bonds. The van der Waals surface area contributed by atoms with Crippen LogP contribution in [0.3, 0.4) is 0 Å². The Balaban J connectivity index is 1.30. The third kappa shape index (κ3) is 10.6. The molecule has 1 saturated carbocycles. The number of non-ortho nitro benzene ring substituents is 1. The molecule has 12 heteroatoms. The maximum Gasteiger partial charge on any atom is 0.269 e. The molecule has 0 spiro atoms. The van der Waals surface area contributed by atoms with E-state index in [2.05, 4.69) is 36.9 Å². The molecule has 0 bridgehead atoms. The van der Waals surface area contributed by atoms with E-state index in [-0.39, 0.29) is 62.2 Å². The van der Waals surface area contributed by atoms with Crippen molar-refractivity contribution in [2.24, 2.45) is 22.9 Å². The molecule has 2 N–H and O–H groups in total. The second-order valence-electron chi connectivity index (χ2n) is 17.9. The maximum atomic E-state index is 14.9. The van der Waals surface area contributed by atoms with Crippen LogP contribution in [-0.4, -0.2) is 69.8 Å². The molecule has 354 valence electrons. The fourth-order valence-electron chi connectivity index (χ4n) is 10.5. The van der Waals surface area contributed by atoms with Crippen molar-refractivity contribution in [3.8, 4) is 17.2 Å². The molecule has 12 nitrogen and oxygen atoms in total. The van der Waals surface area contributed by atoms with Crippen LogP contribution in [0.2, 0.25) is 0 Å². The van der Waals surface area contributed by atoms with Gasteiger partial charge >= 0.3 is 0 Å². The lowest BCUT2D eigenvalue weighted by Crippen LogP contribution is -2.70. The molecule has 6 atom stereocenters. The van der Waals surface area contributed by atoms with E-state index in [0.717, 1.165) is 53.2 Å². The Morgan fingerprint density at radius 2 is 1.63 bits per heavy atom. The number of nitro benzene ring substituents is 1. The molecule has 5 aromatic rings. The largest absolute Gasteiger partial charge is 0.459 e. The van der Waals surface area contributed by atoms with Crippen molar-refractivity contribution in [1.82, 2.24) is 4.90 Å². The van der Waals surface area contributed by atoms with Crippen LogP contribution >= 0.6 is 0 Å². The lowest BCUT2D eigenvalue weighted by molar-refractivity contribution is -0.384. The number of nitrogens with zero attached hydrogens (tertiary/aromatic N) is 3. The molecule has 0 aromatic heterocycles. The van der Waals surface area contributed by atoms with Gasteiger partial charge in [-0.25, -0.2) is 0 Å². The highest BCUT2D eigenvalue weighted by molar-refractivity contribution is 6.03. The minimum atomic E-state index is -1.44. The summed E-state index contributed by atoms with van der Waals surface area (Å²) in [6.45, 7) is 6.98. The Hall–Kier alpha value is -6.60. The first-order valence-corrected chi connectivity index (χ1v) is 23.9. The summed E-state index contributed by atoms with van der Waals surface area (Å²) in [6.07, 6.45) is 12.6. The summed E-state index contributed by atoms with van der Waals surface area (Å²) < 4.78 is 21.2. The Kier molecular flexibility index (Phi) is 15.8. The molecule has 8 rings (SSSR count). The molecular formula is C56H61N3O9. The number of amides is 1. The van der Waals surface area contributed by atoms with Crippen molar-refractivity contribution in [2.75, 3.05) is 26.4 Å². The van der Waals surface area contributed by atoms with Gasteiger partial charge in [0.1, 0.15) is 29.9 Å². The molecule has 3 aliphatic rings. The van der Waals surface area contributed by atoms with Gasteiger partial charge in [0.05, 0.1) is 23.2 Å². The Morgan fingerprint density at radius 1 is 0.912 bits per heavy atom. The van der Waals surface area contributed by atoms with Crippen LogP contribution in [-0.2, 0) is 21.0 Å². The minimum absolute atomic E-state index is 0.0295. The zero-order chi connectivity index (χ0) is 47.5. The number of hydrogen-bond donors (Lipinski definition) is 2. The number of oxime groups is 1. The van der Waals surface area contributed by atoms with E-state index in [1.807, 2.05) is 78.6 Å². The second kappa shape index (κ2) is 22.5. The number of hydrogen-bond acceptors (Lipinski definition) is 10. The van der Waals surface area contributed by atoms with Crippen molar-refractivity contribution < 1.29 is 39.0 Å². The summed E-state index contributed by atoms with van der Waals surface area (Å²) in [6, 6.07) is 35.4. The predicted molar refractivity (Wildman–Crippen MR) is 264 cm³/mol. The number of carbonyl (C=O) groups is 1. The van der Waals surface area contributed by atoms with Gasteiger partial charge in [-0.05, 0) is 120 Å². The third-order valence-electron chi connectivity index (χ3n) is 13.5. The van der Waals surface area contributed by atoms with Crippen molar-refractivity contribution in [3.63, 3.8) is 0 Å². The lowest BCUT2D eigenvalue weighted by Gasteiger charge is -2.60. The monoisotopic (exact) mass is 919 g/mol. The smallest absolute Gasteiger partial charge is 0.269 e. The average Bonchev–Trinajstić information content (AvgIpc) is 3.36. The number of nitro groups is 1. The minimum Gasteiger partial charge on any atom is -0.459 e. The van der Waals surface area contributed by atoms with Gasteiger partial charge in [0.25, 0.3) is 5.69 Å². The van der Waals surface area contributed by atoms with Crippen molar-refractivity contribution in [2.45, 2.75) is 82.6 Å². The first-order valence-electron chi connectivity index (χ1n) is 23.9. The highest BCUT2D eigenvalue weighted by Gasteiger charge is 2.65. The number of ether oxygens (including phenoxy) is 3. The van der Waals surface area contributed by atoms with Gasteiger partial charge in [-0.2, -0.15) is 0 Å². The summed E-state index contributed by atoms with van der Waals surface area (Å²) >= 11 is 0. The normalized spacial score (nSPS) is 22.2. The highest BCUT2D eigenvalue weighted by atomic mass is 16.7. The zero-order valence-corrected chi connectivity index (χ0v) is 38.7. The van der Waals surface area contributed by atoms with Crippen LogP contribution in [0, 0.1) is 27.9 Å². The van der Waals surface area contributed by atoms with Gasteiger partial charge in [-0.1, -0.05) is 97.7 Å². The van der Waals surface area contributed by atoms with Crippen LogP contribution in [0.4, 0.5) is 5.69 Å². The number of rotatable bonds is 22. The molecule has 5 aromatic carbocycles. The van der Waals surface area contributed by atoms with Crippen molar-refractivity contribution in [1.29, 1.82) is 0 Å². The number of carbonyl (C=O) groups excluding carboxylic acids is 1. The summed E-state index contributed by atoms with van der Waals surface area (Å²) in [5.41, 5.74) is 4.15. The number of aliphatic hydroxyl groups is 2.